The maximum atomic E-state index is 12.1. The number of nitrogens with one attached hydrogen (secondary N) is 1. The molecule has 0 spiro atoms. The van der Waals surface area contributed by atoms with Crippen LogP contribution >= 0.6 is 0 Å². The number of fused-ring (bicyclic) bond motifs is 1. The van der Waals surface area contributed by atoms with E-state index in [1.165, 1.54) is 6.07 Å². The van der Waals surface area contributed by atoms with Crippen molar-refractivity contribution < 1.29 is 24.2 Å². The van der Waals surface area contributed by atoms with E-state index in [0.29, 0.717) is 17.1 Å². The van der Waals surface area contributed by atoms with Gasteiger partial charge in [0, 0.05) is 11.6 Å². The second-order valence-electron chi connectivity index (χ2n) is 3.87. The van der Waals surface area contributed by atoms with Crippen molar-refractivity contribution in [2.24, 2.45) is 0 Å². The average molecular weight is 260 g/mol. The van der Waals surface area contributed by atoms with Crippen LogP contribution in [-0.2, 0) is 0 Å². The number of aromatic nitrogens is 2. The molecule has 0 aliphatic carbocycles. The van der Waals surface area contributed by atoms with Gasteiger partial charge in [0.2, 0.25) is 12.6 Å². The summed E-state index contributed by atoms with van der Waals surface area (Å²) in [5.74, 6) is -0.496. The minimum absolute atomic E-state index is 0.0382. The molecule has 1 aromatic heterocycles. The molecule has 2 aromatic rings. The summed E-state index contributed by atoms with van der Waals surface area (Å²) in [4.78, 5) is 22.8. The third-order valence-electron chi connectivity index (χ3n) is 2.68. The molecule has 96 valence electrons. The highest BCUT2D eigenvalue weighted by atomic mass is 16.7. The van der Waals surface area contributed by atoms with Gasteiger partial charge in [-0.25, -0.2) is 4.79 Å². The maximum absolute atomic E-state index is 12.1. The minimum atomic E-state index is -1.17. The summed E-state index contributed by atoms with van der Waals surface area (Å²) in [6, 6.07) is 5.93. The predicted molar refractivity (Wildman–Crippen MR) is 61.5 cm³/mol. The molecule has 0 bridgehead atoms. The molecule has 2 heterocycles. The first-order valence-electron chi connectivity index (χ1n) is 5.38. The fourth-order valence-electron chi connectivity index (χ4n) is 1.73. The van der Waals surface area contributed by atoms with Gasteiger partial charge in [-0.1, -0.05) is 0 Å². The molecule has 1 aromatic carbocycles. The summed E-state index contributed by atoms with van der Waals surface area (Å²) in [6.45, 7) is 0.124. The molecule has 0 unspecified atom stereocenters. The average Bonchev–Trinajstić information content (AvgIpc) is 3.06. The molecule has 0 fully saturated rings. The van der Waals surface area contributed by atoms with Crippen LogP contribution in [0.2, 0.25) is 0 Å². The first-order valence-corrected chi connectivity index (χ1v) is 5.38. The van der Waals surface area contributed by atoms with Crippen LogP contribution in [0.3, 0.4) is 0 Å². The Morgan fingerprint density at radius 3 is 2.74 bits per heavy atom. The number of carboxylic acids is 1. The summed E-state index contributed by atoms with van der Waals surface area (Å²) in [5, 5.41) is 14.7. The third kappa shape index (κ3) is 1.90. The highest BCUT2D eigenvalue weighted by Gasteiger charge is 2.19. The number of aromatic amines is 1. The first-order chi connectivity index (χ1) is 9.15. The number of aromatic carboxylic acids is 1. The van der Waals surface area contributed by atoms with Crippen molar-refractivity contribution >= 4 is 11.8 Å². The van der Waals surface area contributed by atoms with Gasteiger partial charge in [0.25, 0.3) is 0 Å². The standard InChI is InChI=1S/C12H8N2O5/c15-11(7-4-8(12(16)17)14-13-7)6-1-2-9-10(3-6)19-5-18-9/h1-4H,5H2,(H,13,14)(H,16,17). The van der Waals surface area contributed by atoms with E-state index in [-0.39, 0.29) is 24.0 Å². The monoisotopic (exact) mass is 260 g/mol. The fourth-order valence-corrected chi connectivity index (χ4v) is 1.73. The number of hydrogen-bond donors (Lipinski definition) is 2. The smallest absolute Gasteiger partial charge is 0.353 e. The molecule has 7 nitrogen and oxygen atoms in total. The first kappa shape index (κ1) is 11.3. The number of hydrogen-bond acceptors (Lipinski definition) is 5. The Balaban J connectivity index is 1.92. The van der Waals surface area contributed by atoms with Crippen molar-refractivity contribution in [1.29, 1.82) is 0 Å². The van der Waals surface area contributed by atoms with E-state index in [4.69, 9.17) is 14.6 Å². The normalized spacial score (nSPS) is 12.4. The summed E-state index contributed by atoms with van der Waals surface area (Å²) < 4.78 is 10.3. The molecule has 3 rings (SSSR count). The summed E-state index contributed by atoms with van der Waals surface area (Å²) in [7, 11) is 0. The number of H-pyrrole nitrogens is 1. The largest absolute Gasteiger partial charge is 0.477 e. The van der Waals surface area contributed by atoms with Gasteiger partial charge >= 0.3 is 5.97 Å². The SMILES string of the molecule is O=C(c1ccc2c(c1)OCO2)c1cc(C(=O)O)[nH]n1. The summed E-state index contributed by atoms with van der Waals surface area (Å²) in [6.07, 6.45) is 0. The van der Waals surface area contributed by atoms with Crippen LogP contribution in [-0.4, -0.2) is 33.8 Å². The molecule has 0 amide bonds. The molecule has 7 heteroatoms. The Morgan fingerprint density at radius 2 is 2.00 bits per heavy atom. The Morgan fingerprint density at radius 1 is 1.21 bits per heavy atom. The number of rotatable bonds is 3. The lowest BCUT2D eigenvalue weighted by molar-refractivity contribution is 0.0690. The Labute approximate surface area is 106 Å². The second kappa shape index (κ2) is 4.13. The molecule has 1 aliphatic rings. The molecule has 0 radical (unpaired) electrons. The van der Waals surface area contributed by atoms with Gasteiger partial charge in [0.05, 0.1) is 0 Å². The molecular formula is C12H8N2O5. The van der Waals surface area contributed by atoms with Crippen LogP contribution in [0.1, 0.15) is 26.5 Å². The van der Waals surface area contributed by atoms with Crippen LogP contribution in [0, 0.1) is 0 Å². The number of nitrogens with zero attached hydrogens (tertiary/aromatic N) is 1. The van der Waals surface area contributed by atoms with Gasteiger partial charge < -0.3 is 14.6 Å². The zero-order chi connectivity index (χ0) is 13.4. The maximum Gasteiger partial charge on any atom is 0.353 e. The molecule has 1 aliphatic heterocycles. The molecule has 0 saturated heterocycles. The van der Waals surface area contributed by atoms with Crippen molar-refractivity contribution in [2.45, 2.75) is 0 Å². The Kier molecular flexibility index (Phi) is 2.45. The molecule has 0 atom stereocenters. The van der Waals surface area contributed by atoms with Gasteiger partial charge in [-0.05, 0) is 18.2 Å². The molecule has 2 N–H and O–H groups in total. The van der Waals surface area contributed by atoms with Crippen molar-refractivity contribution in [3.8, 4) is 11.5 Å². The van der Waals surface area contributed by atoms with Crippen LogP contribution in [0.5, 0.6) is 11.5 Å². The van der Waals surface area contributed by atoms with E-state index in [1.54, 1.807) is 18.2 Å². The number of ether oxygens (including phenoxy) is 2. The number of ketones is 1. The Hall–Kier alpha value is -2.83. The lowest BCUT2D eigenvalue weighted by Gasteiger charge is -1.99. The lowest BCUT2D eigenvalue weighted by atomic mass is 10.1. The van der Waals surface area contributed by atoms with E-state index < -0.39 is 5.97 Å². The Bertz CT molecular complexity index is 677. The lowest BCUT2D eigenvalue weighted by Crippen LogP contribution is -2.01. The van der Waals surface area contributed by atoms with Crippen LogP contribution < -0.4 is 9.47 Å². The number of carbonyl (C=O) groups excluding carboxylic acids is 1. The summed E-state index contributed by atoms with van der Waals surface area (Å²) >= 11 is 0. The van der Waals surface area contributed by atoms with Crippen molar-refractivity contribution in [2.75, 3.05) is 6.79 Å². The fraction of sp³-hybridized carbons (Fsp3) is 0.0833. The van der Waals surface area contributed by atoms with E-state index in [9.17, 15) is 9.59 Å². The van der Waals surface area contributed by atoms with E-state index in [0.717, 1.165) is 0 Å². The predicted octanol–water partition coefficient (Wildman–Crippen LogP) is 1.07. The van der Waals surface area contributed by atoms with Gasteiger partial charge in [-0.2, -0.15) is 5.10 Å². The van der Waals surface area contributed by atoms with Crippen molar-refractivity contribution in [1.82, 2.24) is 10.2 Å². The molecule has 19 heavy (non-hydrogen) atoms. The van der Waals surface area contributed by atoms with E-state index in [1.807, 2.05) is 0 Å². The highest BCUT2D eigenvalue weighted by Crippen LogP contribution is 2.32. The molecular weight excluding hydrogens is 252 g/mol. The van der Waals surface area contributed by atoms with E-state index >= 15 is 0 Å². The highest BCUT2D eigenvalue weighted by molar-refractivity contribution is 6.08. The topological polar surface area (TPSA) is 102 Å². The van der Waals surface area contributed by atoms with Gasteiger partial charge in [-0.15, -0.1) is 0 Å². The molecule has 0 saturated carbocycles. The number of carboxylic acid groups (broad SMARTS) is 1. The number of benzene rings is 1. The van der Waals surface area contributed by atoms with Crippen LogP contribution in [0.15, 0.2) is 24.3 Å². The van der Waals surface area contributed by atoms with Crippen LogP contribution in [0.25, 0.3) is 0 Å². The second-order valence-corrected chi connectivity index (χ2v) is 3.87. The number of carbonyl (C=O) groups is 2. The van der Waals surface area contributed by atoms with Gasteiger partial charge in [0.15, 0.2) is 11.5 Å². The zero-order valence-corrected chi connectivity index (χ0v) is 9.54. The van der Waals surface area contributed by atoms with Crippen LogP contribution in [0.4, 0.5) is 0 Å². The van der Waals surface area contributed by atoms with Crippen molar-refractivity contribution in [3.63, 3.8) is 0 Å². The van der Waals surface area contributed by atoms with Gasteiger partial charge in [-0.3, -0.25) is 9.89 Å². The third-order valence-corrected chi connectivity index (χ3v) is 2.68. The van der Waals surface area contributed by atoms with Crippen molar-refractivity contribution in [3.05, 3.63) is 41.2 Å². The van der Waals surface area contributed by atoms with Gasteiger partial charge in [0.1, 0.15) is 11.4 Å². The quantitative estimate of drug-likeness (QED) is 0.800. The zero-order valence-electron chi connectivity index (χ0n) is 9.54. The van der Waals surface area contributed by atoms with E-state index in [2.05, 4.69) is 10.2 Å². The minimum Gasteiger partial charge on any atom is -0.477 e. The summed E-state index contributed by atoms with van der Waals surface area (Å²) in [5.41, 5.74) is 0.257.